The Bertz CT molecular complexity index is 1520. The number of amides is 1. The minimum atomic E-state index is -0.0776. The molecule has 0 radical (unpaired) electrons. The molecule has 2 atom stereocenters. The molecule has 1 saturated heterocycles. The molecule has 36 heavy (non-hydrogen) atoms. The van der Waals surface area contributed by atoms with Crippen LogP contribution < -0.4 is 4.74 Å². The van der Waals surface area contributed by atoms with E-state index in [0.29, 0.717) is 12.3 Å². The van der Waals surface area contributed by atoms with Crippen molar-refractivity contribution in [2.24, 2.45) is 0 Å². The molecule has 0 spiro atoms. The monoisotopic (exact) mass is 478 g/mol. The third-order valence-corrected chi connectivity index (χ3v) is 7.51. The first kappa shape index (κ1) is 22.2. The number of nitriles is 1. The lowest BCUT2D eigenvalue weighted by Crippen LogP contribution is -2.25. The summed E-state index contributed by atoms with van der Waals surface area (Å²) in [6.45, 7) is 3.11. The molecule has 2 unspecified atom stereocenters. The van der Waals surface area contributed by atoms with Crippen molar-refractivity contribution in [3.05, 3.63) is 59.4 Å². The predicted octanol–water partition coefficient (Wildman–Crippen LogP) is 4.58. The predicted molar refractivity (Wildman–Crippen MR) is 135 cm³/mol. The number of H-pyrrole nitrogens is 1. The average Bonchev–Trinajstić information content (AvgIpc) is 3.66. The summed E-state index contributed by atoms with van der Waals surface area (Å²) in [6, 6.07) is 14.5. The summed E-state index contributed by atoms with van der Waals surface area (Å²) in [5, 5.41) is 17.2. The van der Waals surface area contributed by atoms with E-state index in [0.717, 1.165) is 70.6 Å². The quantitative estimate of drug-likeness (QED) is 0.460. The van der Waals surface area contributed by atoms with Gasteiger partial charge < -0.3 is 9.64 Å². The van der Waals surface area contributed by atoms with E-state index in [4.69, 9.17) is 14.7 Å². The van der Waals surface area contributed by atoms with Gasteiger partial charge in [-0.2, -0.15) is 10.4 Å². The van der Waals surface area contributed by atoms with Crippen molar-refractivity contribution in [1.29, 1.82) is 5.26 Å². The summed E-state index contributed by atoms with van der Waals surface area (Å²) in [4.78, 5) is 23.3. The molecule has 4 heterocycles. The Kier molecular flexibility index (Phi) is 5.41. The Morgan fingerprint density at radius 3 is 2.83 bits per heavy atom. The summed E-state index contributed by atoms with van der Waals surface area (Å²) in [5.74, 6) is 0.953. The second-order valence-corrected chi connectivity index (χ2v) is 9.52. The number of rotatable bonds is 4. The van der Waals surface area contributed by atoms with Gasteiger partial charge in [0.1, 0.15) is 22.7 Å². The molecule has 0 saturated carbocycles. The maximum absolute atomic E-state index is 11.7. The van der Waals surface area contributed by atoms with Gasteiger partial charge in [0.25, 0.3) is 0 Å². The number of hydrogen-bond donors (Lipinski definition) is 1. The highest BCUT2D eigenvalue weighted by molar-refractivity contribution is 5.93. The fourth-order valence-electron chi connectivity index (χ4n) is 5.56. The summed E-state index contributed by atoms with van der Waals surface area (Å²) in [6.07, 6.45) is 4.44. The van der Waals surface area contributed by atoms with Gasteiger partial charge in [-0.3, -0.25) is 14.9 Å². The maximum atomic E-state index is 11.7. The van der Waals surface area contributed by atoms with Gasteiger partial charge in [-0.15, -0.1) is 0 Å². The molecule has 1 aliphatic heterocycles. The number of aromatic nitrogens is 4. The first-order valence-corrected chi connectivity index (χ1v) is 12.2. The second-order valence-electron chi connectivity index (χ2n) is 9.52. The Morgan fingerprint density at radius 1 is 1.22 bits per heavy atom. The number of likely N-dealkylation sites (tertiary alicyclic amines) is 1. The molecular weight excluding hydrogens is 452 g/mol. The van der Waals surface area contributed by atoms with Crippen molar-refractivity contribution in [3.8, 4) is 34.3 Å². The maximum Gasteiger partial charge on any atom is 0.219 e. The zero-order chi connectivity index (χ0) is 24.8. The fourth-order valence-corrected chi connectivity index (χ4v) is 5.56. The van der Waals surface area contributed by atoms with Crippen molar-refractivity contribution < 1.29 is 9.53 Å². The fraction of sp³-hybridized carbons (Fsp3) is 0.321. The van der Waals surface area contributed by atoms with Crippen LogP contribution in [0.25, 0.3) is 33.5 Å². The molecule has 2 aliphatic rings. The van der Waals surface area contributed by atoms with E-state index in [1.807, 2.05) is 41.4 Å². The van der Waals surface area contributed by atoms with Gasteiger partial charge in [-0.25, -0.2) is 4.98 Å². The number of ether oxygens (including phenoxy) is 1. The number of pyridine rings is 2. The Morgan fingerprint density at radius 2 is 2.11 bits per heavy atom. The van der Waals surface area contributed by atoms with Crippen LogP contribution >= 0.6 is 0 Å². The van der Waals surface area contributed by atoms with Crippen LogP contribution in [-0.2, 0) is 11.2 Å². The van der Waals surface area contributed by atoms with Crippen LogP contribution in [0.4, 0.5) is 0 Å². The first-order chi connectivity index (χ1) is 17.6. The van der Waals surface area contributed by atoms with Crippen LogP contribution in [0.3, 0.4) is 0 Å². The minimum Gasteiger partial charge on any atom is -0.494 e. The van der Waals surface area contributed by atoms with Crippen LogP contribution in [0.15, 0.2) is 42.6 Å². The largest absolute Gasteiger partial charge is 0.494 e. The number of nitrogens with zero attached hydrogens (tertiary/aromatic N) is 5. The van der Waals surface area contributed by atoms with E-state index >= 15 is 0 Å². The zero-order valence-electron chi connectivity index (χ0n) is 20.3. The van der Waals surface area contributed by atoms with E-state index in [-0.39, 0.29) is 17.7 Å². The van der Waals surface area contributed by atoms with Crippen LogP contribution in [0, 0.1) is 11.3 Å². The molecule has 3 aromatic heterocycles. The molecule has 8 heteroatoms. The highest BCUT2D eigenvalue weighted by Gasteiger charge is 2.28. The molecule has 1 amide bonds. The third kappa shape index (κ3) is 3.59. The van der Waals surface area contributed by atoms with E-state index in [1.165, 1.54) is 5.56 Å². The lowest BCUT2D eigenvalue weighted by Gasteiger charge is -2.14. The third-order valence-electron chi connectivity index (χ3n) is 7.51. The number of fused-ring (bicyclic) bond motifs is 2. The number of benzene rings is 1. The lowest BCUT2D eigenvalue weighted by molar-refractivity contribution is -0.127. The van der Waals surface area contributed by atoms with Gasteiger partial charge in [0.15, 0.2) is 0 Å². The van der Waals surface area contributed by atoms with Crippen molar-refractivity contribution in [3.63, 3.8) is 0 Å². The summed E-state index contributed by atoms with van der Waals surface area (Å²) < 4.78 is 5.72. The minimum absolute atomic E-state index is 0.0776. The molecule has 4 aromatic rings. The van der Waals surface area contributed by atoms with E-state index in [9.17, 15) is 10.1 Å². The Labute approximate surface area is 208 Å². The molecular formula is C28H26N6O2. The van der Waals surface area contributed by atoms with Crippen molar-refractivity contribution >= 4 is 16.9 Å². The number of carbonyl (C=O) groups excluding carboxylic acids is 1. The van der Waals surface area contributed by atoms with Gasteiger partial charge in [-0.1, -0.05) is 18.2 Å². The highest BCUT2D eigenvalue weighted by atomic mass is 16.5. The molecule has 1 fully saturated rings. The first-order valence-electron chi connectivity index (χ1n) is 12.2. The van der Waals surface area contributed by atoms with Crippen molar-refractivity contribution in [2.75, 3.05) is 20.2 Å². The molecule has 8 nitrogen and oxygen atoms in total. The van der Waals surface area contributed by atoms with Crippen molar-refractivity contribution in [1.82, 2.24) is 25.1 Å². The molecule has 1 aromatic carbocycles. The number of aromatic amines is 1. The highest BCUT2D eigenvalue weighted by Crippen LogP contribution is 2.42. The SMILES string of the molecule is COc1cc2[nH]nc(-c3ccc(C4CCN(C(C)=O)C4)nc3)c2nc1-c1cccc2c1CCC2C#N. The van der Waals surface area contributed by atoms with Gasteiger partial charge in [-0.05, 0) is 42.5 Å². The number of hydrogen-bond acceptors (Lipinski definition) is 6. The second kappa shape index (κ2) is 8.76. The average molecular weight is 479 g/mol. The molecule has 180 valence electrons. The standard InChI is InChI=1S/C28H26N6O2/c1-16(35)34-11-10-19(15-34)23-9-7-18(14-30-23)26-28-24(32-33-26)12-25(36-2)27(31-28)22-5-3-4-20-17(13-29)6-8-21(20)22/h3-5,7,9,12,14,17,19H,6,8,10-11,15H2,1-2H3,(H,32,33). The number of methoxy groups -OCH3 is 1. The molecule has 6 rings (SSSR count). The van der Waals surface area contributed by atoms with Crippen LogP contribution in [-0.4, -0.2) is 51.2 Å². The number of nitrogens with one attached hydrogen (secondary N) is 1. The van der Waals surface area contributed by atoms with Gasteiger partial charge in [0, 0.05) is 55.0 Å². The summed E-state index contributed by atoms with van der Waals surface area (Å²) in [7, 11) is 1.64. The topological polar surface area (TPSA) is 108 Å². The molecule has 1 N–H and O–H groups in total. The van der Waals surface area contributed by atoms with Crippen molar-refractivity contribution in [2.45, 2.75) is 38.0 Å². The summed E-state index contributed by atoms with van der Waals surface area (Å²) in [5.41, 5.74) is 8.13. The Balaban J connectivity index is 1.39. The summed E-state index contributed by atoms with van der Waals surface area (Å²) >= 11 is 0. The zero-order valence-corrected chi connectivity index (χ0v) is 20.3. The van der Waals surface area contributed by atoms with Gasteiger partial charge >= 0.3 is 0 Å². The van der Waals surface area contributed by atoms with E-state index < -0.39 is 0 Å². The van der Waals surface area contributed by atoms with Crippen LogP contribution in [0.1, 0.15) is 48.4 Å². The van der Waals surface area contributed by atoms with Gasteiger partial charge in [0.05, 0.1) is 24.6 Å². The Hall–Kier alpha value is -4.25. The van der Waals surface area contributed by atoms with Gasteiger partial charge in [0.2, 0.25) is 5.91 Å². The van der Waals surface area contributed by atoms with E-state index in [1.54, 1.807) is 14.0 Å². The lowest BCUT2D eigenvalue weighted by atomic mass is 9.97. The molecule has 1 aliphatic carbocycles. The van der Waals surface area contributed by atoms with E-state index in [2.05, 4.69) is 22.3 Å². The number of carbonyl (C=O) groups is 1. The molecule has 0 bridgehead atoms. The normalized spacial score (nSPS) is 18.9. The van der Waals surface area contributed by atoms with Crippen LogP contribution in [0.5, 0.6) is 5.75 Å². The van der Waals surface area contributed by atoms with Crippen LogP contribution in [0.2, 0.25) is 0 Å². The smallest absolute Gasteiger partial charge is 0.219 e.